The molecule has 7 heteroatoms. The number of halogens is 1. The second-order valence-corrected chi connectivity index (χ2v) is 6.06. The van der Waals surface area contributed by atoms with Crippen molar-refractivity contribution < 1.29 is 4.92 Å². The number of nitrogens with zero attached hydrogens (tertiary/aromatic N) is 3. The summed E-state index contributed by atoms with van der Waals surface area (Å²) in [4.78, 5) is 14.8. The van der Waals surface area contributed by atoms with Crippen molar-refractivity contribution >= 4 is 50.5 Å². The molecule has 1 heterocycles. The highest BCUT2D eigenvalue weighted by molar-refractivity contribution is 7.19. The zero-order valence-corrected chi connectivity index (χ0v) is 13.1. The molecular weight excluding hydrogens is 334 g/mol. The van der Waals surface area contributed by atoms with Crippen molar-refractivity contribution in [2.24, 2.45) is 0 Å². The Morgan fingerprint density at radius 1 is 1.35 bits per heavy atom. The van der Waals surface area contributed by atoms with Crippen LogP contribution in [0.15, 0.2) is 42.5 Å². The molecule has 0 saturated carbocycles. The summed E-state index contributed by atoms with van der Waals surface area (Å²) in [6.07, 6.45) is 1.57. The first-order valence-corrected chi connectivity index (χ1v) is 7.69. The van der Waals surface area contributed by atoms with E-state index in [9.17, 15) is 15.4 Å². The van der Waals surface area contributed by atoms with Crippen molar-refractivity contribution in [3.63, 3.8) is 0 Å². The number of hydrogen-bond donors (Lipinski definition) is 0. The third kappa shape index (κ3) is 3.06. The largest absolute Gasteiger partial charge is 0.288 e. The molecule has 3 rings (SSSR count). The van der Waals surface area contributed by atoms with Gasteiger partial charge >= 0.3 is 0 Å². The van der Waals surface area contributed by atoms with Crippen LogP contribution in [-0.4, -0.2) is 9.91 Å². The number of aromatic nitrogens is 1. The third-order valence-electron chi connectivity index (χ3n) is 3.12. The van der Waals surface area contributed by atoms with Gasteiger partial charge in [-0.2, -0.15) is 5.26 Å². The lowest BCUT2D eigenvalue weighted by Gasteiger charge is -1.98. The van der Waals surface area contributed by atoms with Crippen molar-refractivity contribution in [1.82, 2.24) is 4.98 Å². The third-order valence-corrected chi connectivity index (χ3v) is 4.51. The fraction of sp³-hybridized carbons (Fsp3) is 0. The molecule has 0 saturated heterocycles. The first-order chi connectivity index (χ1) is 11.1. The van der Waals surface area contributed by atoms with Crippen molar-refractivity contribution in [2.45, 2.75) is 0 Å². The number of allylic oxidation sites excluding steroid dienone is 1. The van der Waals surface area contributed by atoms with Crippen LogP contribution in [0.3, 0.4) is 0 Å². The molecule has 0 fully saturated rings. The van der Waals surface area contributed by atoms with E-state index in [1.54, 1.807) is 12.1 Å². The molecule has 112 valence electrons. The molecule has 3 aromatic rings. The smallest absolute Gasteiger partial charge is 0.258 e. The molecule has 0 aliphatic carbocycles. The highest BCUT2D eigenvalue weighted by Crippen LogP contribution is 2.30. The molecular formula is C16H8ClN3O2S. The van der Waals surface area contributed by atoms with E-state index in [1.807, 2.05) is 24.3 Å². The Hall–Kier alpha value is -2.75. The summed E-state index contributed by atoms with van der Waals surface area (Å²) >= 11 is 7.20. The van der Waals surface area contributed by atoms with Crippen LogP contribution in [0, 0.1) is 21.4 Å². The van der Waals surface area contributed by atoms with Gasteiger partial charge in [-0.1, -0.05) is 29.8 Å². The van der Waals surface area contributed by atoms with Gasteiger partial charge < -0.3 is 0 Å². The monoisotopic (exact) mass is 341 g/mol. The predicted molar refractivity (Wildman–Crippen MR) is 91.2 cm³/mol. The Morgan fingerprint density at radius 2 is 2.13 bits per heavy atom. The van der Waals surface area contributed by atoms with Crippen LogP contribution in [-0.2, 0) is 0 Å². The molecule has 0 amide bonds. The van der Waals surface area contributed by atoms with Crippen molar-refractivity contribution in [3.05, 3.63) is 68.2 Å². The van der Waals surface area contributed by atoms with Gasteiger partial charge in [-0.15, -0.1) is 11.3 Å². The lowest BCUT2D eigenvalue weighted by Crippen LogP contribution is -1.90. The standard InChI is InChI=1S/C16H8ClN3O2S/c17-12-6-5-10(8-14(12)20(21)22)7-11(9-18)16-19-13-3-1-2-4-15(13)23-16/h1-8H/b11-7+. The zero-order chi connectivity index (χ0) is 16.4. The molecule has 0 aliphatic heterocycles. The van der Waals surface area contributed by atoms with Gasteiger partial charge in [0.2, 0.25) is 0 Å². The number of hydrogen-bond acceptors (Lipinski definition) is 5. The number of rotatable bonds is 3. The van der Waals surface area contributed by atoms with Crippen LogP contribution in [0.25, 0.3) is 21.9 Å². The second kappa shape index (κ2) is 6.16. The molecule has 0 radical (unpaired) electrons. The summed E-state index contributed by atoms with van der Waals surface area (Å²) in [5.41, 5.74) is 1.50. The first kappa shape index (κ1) is 15.2. The van der Waals surface area contributed by atoms with Crippen LogP contribution >= 0.6 is 22.9 Å². The Bertz CT molecular complexity index is 955. The van der Waals surface area contributed by atoms with Crippen LogP contribution < -0.4 is 0 Å². The summed E-state index contributed by atoms with van der Waals surface area (Å²) in [7, 11) is 0. The lowest BCUT2D eigenvalue weighted by molar-refractivity contribution is -0.384. The van der Waals surface area contributed by atoms with Crippen LogP contribution in [0.2, 0.25) is 5.02 Å². The zero-order valence-electron chi connectivity index (χ0n) is 11.6. The highest BCUT2D eigenvalue weighted by Gasteiger charge is 2.13. The van der Waals surface area contributed by atoms with Crippen LogP contribution in [0.5, 0.6) is 0 Å². The van der Waals surface area contributed by atoms with Gasteiger partial charge in [0.15, 0.2) is 0 Å². The summed E-state index contributed by atoms with van der Waals surface area (Å²) in [6.45, 7) is 0. The first-order valence-electron chi connectivity index (χ1n) is 6.50. The summed E-state index contributed by atoms with van der Waals surface area (Å²) in [6, 6.07) is 14.1. The maximum Gasteiger partial charge on any atom is 0.288 e. The number of nitro benzene ring substituents is 1. The van der Waals surface area contributed by atoms with E-state index in [0.717, 1.165) is 10.2 Å². The summed E-state index contributed by atoms with van der Waals surface area (Å²) in [5.74, 6) is 0. The fourth-order valence-electron chi connectivity index (χ4n) is 2.06. The Labute approximate surface area is 140 Å². The Kier molecular flexibility index (Phi) is 4.06. The molecule has 2 aromatic carbocycles. The maximum atomic E-state index is 10.9. The normalized spacial score (nSPS) is 11.4. The van der Waals surface area contributed by atoms with E-state index in [4.69, 9.17) is 11.6 Å². The van der Waals surface area contributed by atoms with Crippen LogP contribution in [0.4, 0.5) is 5.69 Å². The van der Waals surface area contributed by atoms with Gasteiger partial charge in [-0.3, -0.25) is 10.1 Å². The molecule has 0 bridgehead atoms. The molecule has 0 spiro atoms. The van der Waals surface area contributed by atoms with Gasteiger partial charge in [0.05, 0.1) is 20.7 Å². The predicted octanol–water partition coefficient (Wildman–Crippen LogP) is 4.92. The van der Waals surface area contributed by atoms with Gasteiger partial charge in [0, 0.05) is 6.07 Å². The summed E-state index contributed by atoms with van der Waals surface area (Å²) in [5, 5.41) is 21.0. The van der Waals surface area contributed by atoms with E-state index in [1.165, 1.54) is 23.5 Å². The Morgan fingerprint density at radius 3 is 2.83 bits per heavy atom. The lowest BCUT2D eigenvalue weighted by atomic mass is 10.1. The number of benzene rings is 2. The SMILES string of the molecule is N#C/C(=C\c1ccc(Cl)c([N+](=O)[O-])c1)c1nc2ccccc2s1. The minimum atomic E-state index is -0.552. The quantitative estimate of drug-likeness (QED) is 0.384. The molecule has 0 N–H and O–H groups in total. The molecule has 5 nitrogen and oxygen atoms in total. The second-order valence-electron chi connectivity index (χ2n) is 4.62. The van der Waals surface area contributed by atoms with Gasteiger partial charge in [-0.25, -0.2) is 4.98 Å². The number of thiazole rings is 1. The Balaban J connectivity index is 2.07. The minimum Gasteiger partial charge on any atom is -0.258 e. The van der Waals surface area contributed by atoms with Crippen molar-refractivity contribution in [1.29, 1.82) is 5.26 Å². The number of nitriles is 1. The average molecular weight is 342 g/mol. The number of fused-ring (bicyclic) bond motifs is 1. The minimum absolute atomic E-state index is 0.0608. The topological polar surface area (TPSA) is 79.8 Å². The summed E-state index contributed by atoms with van der Waals surface area (Å²) < 4.78 is 0.978. The van der Waals surface area contributed by atoms with Crippen molar-refractivity contribution in [3.8, 4) is 6.07 Å². The average Bonchev–Trinajstić information content (AvgIpc) is 2.97. The van der Waals surface area contributed by atoms with E-state index in [-0.39, 0.29) is 10.7 Å². The van der Waals surface area contributed by atoms with Gasteiger partial charge in [0.25, 0.3) is 5.69 Å². The van der Waals surface area contributed by atoms with E-state index in [0.29, 0.717) is 16.1 Å². The van der Waals surface area contributed by atoms with E-state index >= 15 is 0 Å². The molecule has 1 aromatic heterocycles. The van der Waals surface area contributed by atoms with Crippen molar-refractivity contribution in [2.75, 3.05) is 0 Å². The molecule has 0 atom stereocenters. The maximum absolute atomic E-state index is 10.9. The van der Waals surface area contributed by atoms with E-state index in [2.05, 4.69) is 11.1 Å². The van der Waals surface area contributed by atoms with Gasteiger partial charge in [0.1, 0.15) is 16.1 Å². The molecule has 0 unspecified atom stereocenters. The fourth-order valence-corrected chi connectivity index (χ4v) is 3.17. The van der Waals surface area contributed by atoms with E-state index < -0.39 is 4.92 Å². The van der Waals surface area contributed by atoms with Crippen LogP contribution in [0.1, 0.15) is 10.6 Å². The molecule has 23 heavy (non-hydrogen) atoms. The highest BCUT2D eigenvalue weighted by atomic mass is 35.5. The molecule has 0 aliphatic rings. The number of para-hydroxylation sites is 1. The number of nitro groups is 1. The van der Waals surface area contributed by atoms with Gasteiger partial charge in [-0.05, 0) is 29.8 Å².